The van der Waals surface area contributed by atoms with Gasteiger partial charge in [0.1, 0.15) is 16.3 Å². The van der Waals surface area contributed by atoms with E-state index in [0.29, 0.717) is 47.5 Å². The Balaban J connectivity index is 0.00000182. The molecule has 1 amide bonds. The van der Waals surface area contributed by atoms with E-state index in [0.717, 1.165) is 0 Å². The van der Waals surface area contributed by atoms with Gasteiger partial charge in [0.25, 0.3) is 0 Å². The van der Waals surface area contributed by atoms with Gasteiger partial charge in [0, 0.05) is 25.1 Å². The Labute approximate surface area is 179 Å². The lowest BCUT2D eigenvalue weighted by molar-refractivity contribution is -0.124. The number of aromatic nitrogens is 1. The van der Waals surface area contributed by atoms with Crippen LogP contribution in [0.1, 0.15) is 12.8 Å². The largest absolute Gasteiger partial charge is 0.438 e. The predicted octanol–water partition coefficient (Wildman–Crippen LogP) is 4.47. The number of nitrogens with zero attached hydrogens (tertiary/aromatic N) is 1. The maximum atomic E-state index is 12.4. The fourth-order valence-corrected chi connectivity index (χ4v) is 2.83. The Morgan fingerprint density at radius 2 is 1.81 bits per heavy atom. The molecule has 0 spiro atoms. The highest BCUT2D eigenvalue weighted by Gasteiger charge is 2.35. The van der Waals surface area contributed by atoms with Gasteiger partial charge in [-0.3, -0.25) is 4.79 Å². The van der Waals surface area contributed by atoms with Crippen LogP contribution in [-0.4, -0.2) is 29.6 Å². The standard InChI is InChI=1S/C17H17Cl2N3O3.2ClH/c18-11-9-14(19)15(21-10-11)25-13-3-1-12(2-4-13)22-16(23)17(20)5-7-24-8-6-17;;/h1-4,9-10H,5-8,20H2,(H,22,23);2*1H. The molecule has 27 heavy (non-hydrogen) atoms. The van der Waals surface area contributed by atoms with Crippen LogP contribution in [0.4, 0.5) is 5.69 Å². The summed E-state index contributed by atoms with van der Waals surface area (Å²) in [6, 6.07) is 8.40. The molecule has 1 saturated heterocycles. The predicted molar refractivity (Wildman–Crippen MR) is 111 cm³/mol. The zero-order valence-electron chi connectivity index (χ0n) is 14.1. The van der Waals surface area contributed by atoms with E-state index in [2.05, 4.69) is 10.3 Å². The van der Waals surface area contributed by atoms with Crippen molar-refractivity contribution in [3.63, 3.8) is 0 Å². The van der Waals surface area contributed by atoms with Crippen LogP contribution in [0, 0.1) is 0 Å². The quantitative estimate of drug-likeness (QED) is 0.711. The lowest BCUT2D eigenvalue weighted by Crippen LogP contribution is -2.54. The molecule has 6 nitrogen and oxygen atoms in total. The normalized spacial score (nSPS) is 15.1. The molecule has 1 aromatic carbocycles. The van der Waals surface area contributed by atoms with E-state index in [1.165, 1.54) is 6.20 Å². The minimum absolute atomic E-state index is 0. The maximum Gasteiger partial charge on any atom is 0.244 e. The first-order valence-electron chi connectivity index (χ1n) is 7.73. The Hall–Kier alpha value is -1.28. The minimum Gasteiger partial charge on any atom is -0.438 e. The maximum absolute atomic E-state index is 12.4. The Morgan fingerprint density at radius 3 is 2.41 bits per heavy atom. The molecular formula is C17H19Cl4N3O3. The number of rotatable bonds is 4. The van der Waals surface area contributed by atoms with Gasteiger partial charge in [-0.05, 0) is 43.2 Å². The molecule has 3 rings (SSSR count). The third-order valence-electron chi connectivity index (χ3n) is 3.94. The van der Waals surface area contributed by atoms with Crippen molar-refractivity contribution in [2.45, 2.75) is 18.4 Å². The monoisotopic (exact) mass is 453 g/mol. The topological polar surface area (TPSA) is 86.5 Å². The first-order valence-corrected chi connectivity index (χ1v) is 8.49. The van der Waals surface area contributed by atoms with Crippen molar-refractivity contribution in [3.05, 3.63) is 46.6 Å². The number of anilines is 1. The summed E-state index contributed by atoms with van der Waals surface area (Å²) in [5.41, 5.74) is 5.89. The third-order valence-corrected chi connectivity index (χ3v) is 4.42. The summed E-state index contributed by atoms with van der Waals surface area (Å²) < 4.78 is 10.9. The fraction of sp³-hybridized carbons (Fsp3) is 0.294. The summed E-state index contributed by atoms with van der Waals surface area (Å²) in [5.74, 6) is 0.570. The molecule has 0 atom stereocenters. The molecule has 0 saturated carbocycles. The number of ether oxygens (including phenoxy) is 2. The van der Waals surface area contributed by atoms with Crippen LogP contribution in [0.25, 0.3) is 0 Å². The number of hydrogen-bond acceptors (Lipinski definition) is 5. The molecule has 148 valence electrons. The number of nitrogens with two attached hydrogens (primary N) is 1. The van der Waals surface area contributed by atoms with Gasteiger partial charge in [0.15, 0.2) is 0 Å². The van der Waals surface area contributed by atoms with Crippen molar-refractivity contribution in [2.24, 2.45) is 5.73 Å². The summed E-state index contributed by atoms with van der Waals surface area (Å²) in [4.78, 5) is 16.4. The SMILES string of the molecule is Cl.Cl.NC1(C(=O)Nc2ccc(Oc3ncc(Cl)cc3Cl)cc2)CCOCC1. The van der Waals surface area contributed by atoms with Gasteiger partial charge in [0.2, 0.25) is 11.8 Å². The van der Waals surface area contributed by atoms with Crippen LogP contribution in [0.2, 0.25) is 10.0 Å². The number of amides is 1. The second-order valence-electron chi connectivity index (χ2n) is 5.79. The van der Waals surface area contributed by atoms with Crippen LogP contribution in [0.15, 0.2) is 36.5 Å². The van der Waals surface area contributed by atoms with Gasteiger partial charge < -0.3 is 20.5 Å². The van der Waals surface area contributed by atoms with Gasteiger partial charge in [-0.15, -0.1) is 24.8 Å². The molecular weight excluding hydrogens is 436 g/mol. The Morgan fingerprint density at radius 1 is 1.19 bits per heavy atom. The Bertz CT molecular complexity index is 769. The van der Waals surface area contributed by atoms with Crippen LogP contribution in [0.3, 0.4) is 0 Å². The van der Waals surface area contributed by atoms with Gasteiger partial charge in [0.05, 0.1) is 5.02 Å². The smallest absolute Gasteiger partial charge is 0.244 e. The molecule has 3 N–H and O–H groups in total. The number of carbonyl (C=O) groups excluding carboxylic acids is 1. The zero-order chi connectivity index (χ0) is 17.9. The summed E-state index contributed by atoms with van der Waals surface area (Å²) >= 11 is 11.8. The molecule has 0 bridgehead atoms. The molecule has 1 aliphatic heterocycles. The van der Waals surface area contributed by atoms with Crippen molar-refractivity contribution >= 4 is 59.6 Å². The molecule has 0 unspecified atom stereocenters. The highest BCUT2D eigenvalue weighted by Crippen LogP contribution is 2.29. The summed E-state index contributed by atoms with van der Waals surface area (Å²) in [7, 11) is 0. The minimum atomic E-state index is -0.895. The molecule has 0 aliphatic carbocycles. The van der Waals surface area contributed by atoms with Crippen molar-refractivity contribution < 1.29 is 14.3 Å². The second kappa shape index (κ2) is 10.3. The molecule has 1 aliphatic rings. The number of hydrogen-bond donors (Lipinski definition) is 2. The van der Waals surface area contributed by atoms with Crippen molar-refractivity contribution in [1.29, 1.82) is 0 Å². The van der Waals surface area contributed by atoms with Crippen LogP contribution >= 0.6 is 48.0 Å². The number of pyridine rings is 1. The molecule has 10 heteroatoms. The van der Waals surface area contributed by atoms with E-state index >= 15 is 0 Å². The summed E-state index contributed by atoms with van der Waals surface area (Å²) in [6.07, 6.45) is 2.45. The third kappa shape index (κ3) is 6.10. The second-order valence-corrected chi connectivity index (χ2v) is 6.63. The van der Waals surface area contributed by atoms with Gasteiger partial charge >= 0.3 is 0 Å². The van der Waals surface area contributed by atoms with Gasteiger partial charge in [-0.25, -0.2) is 4.98 Å². The van der Waals surface area contributed by atoms with Gasteiger partial charge in [-0.1, -0.05) is 23.2 Å². The van der Waals surface area contributed by atoms with Crippen LogP contribution in [-0.2, 0) is 9.53 Å². The van der Waals surface area contributed by atoms with Crippen molar-refractivity contribution in [1.82, 2.24) is 4.98 Å². The lowest BCUT2D eigenvalue weighted by Gasteiger charge is -2.31. The van der Waals surface area contributed by atoms with E-state index in [1.807, 2.05) is 0 Å². The molecule has 2 aromatic rings. The van der Waals surface area contributed by atoms with Gasteiger partial charge in [-0.2, -0.15) is 0 Å². The van der Waals surface area contributed by atoms with Crippen LogP contribution in [0.5, 0.6) is 11.6 Å². The molecule has 0 radical (unpaired) electrons. The Kier molecular flexibility index (Phi) is 9.08. The summed E-state index contributed by atoms with van der Waals surface area (Å²) in [5, 5.41) is 3.57. The van der Waals surface area contributed by atoms with Crippen molar-refractivity contribution in [3.8, 4) is 11.6 Å². The van der Waals surface area contributed by atoms with E-state index in [9.17, 15) is 4.79 Å². The molecule has 1 aromatic heterocycles. The van der Waals surface area contributed by atoms with E-state index in [-0.39, 0.29) is 36.6 Å². The van der Waals surface area contributed by atoms with Crippen molar-refractivity contribution in [2.75, 3.05) is 18.5 Å². The summed E-state index contributed by atoms with van der Waals surface area (Å²) in [6.45, 7) is 0.983. The highest BCUT2D eigenvalue weighted by atomic mass is 35.5. The first kappa shape index (κ1) is 23.8. The number of halogens is 4. The van der Waals surface area contributed by atoms with Crippen LogP contribution < -0.4 is 15.8 Å². The number of nitrogens with one attached hydrogen (secondary N) is 1. The lowest BCUT2D eigenvalue weighted by atomic mass is 9.90. The van der Waals surface area contributed by atoms with E-state index < -0.39 is 5.54 Å². The van der Waals surface area contributed by atoms with E-state index in [1.54, 1.807) is 30.3 Å². The zero-order valence-corrected chi connectivity index (χ0v) is 17.3. The first-order chi connectivity index (χ1) is 12.0. The number of carbonyl (C=O) groups is 1. The average molecular weight is 455 g/mol. The number of benzene rings is 1. The highest BCUT2D eigenvalue weighted by molar-refractivity contribution is 6.35. The molecule has 2 heterocycles. The molecule has 1 fully saturated rings. The fourth-order valence-electron chi connectivity index (χ4n) is 2.41. The van der Waals surface area contributed by atoms with E-state index in [4.69, 9.17) is 38.4 Å². The average Bonchev–Trinajstić information content (AvgIpc) is 2.59.